The van der Waals surface area contributed by atoms with E-state index in [9.17, 15) is 0 Å². The van der Waals surface area contributed by atoms with Crippen molar-refractivity contribution < 1.29 is 15.1 Å². The normalized spacial score (nSPS) is 10.6. The van der Waals surface area contributed by atoms with Crippen molar-refractivity contribution >= 4 is 37.9 Å². The zero-order valence-corrected chi connectivity index (χ0v) is 19.8. The molecule has 0 atom stereocenters. The van der Waals surface area contributed by atoms with Gasteiger partial charge in [-0.05, 0) is 56.9 Å². The molecule has 0 heterocycles. The van der Waals surface area contributed by atoms with Gasteiger partial charge in [-0.2, -0.15) is 0 Å². The Hall–Kier alpha value is -0.707. The number of hydrogen-bond acceptors (Lipinski definition) is 0. The van der Waals surface area contributed by atoms with Crippen molar-refractivity contribution in [3.63, 3.8) is 0 Å². The predicted molar refractivity (Wildman–Crippen MR) is 120 cm³/mol. The Labute approximate surface area is 180 Å². The van der Waals surface area contributed by atoms with Crippen molar-refractivity contribution in [3.8, 4) is 0 Å². The van der Waals surface area contributed by atoms with Gasteiger partial charge in [0, 0.05) is 0 Å². The van der Waals surface area contributed by atoms with Gasteiger partial charge >= 0.3 is 34.5 Å². The summed E-state index contributed by atoms with van der Waals surface area (Å²) in [6.45, 7) is 4.38. The van der Waals surface area contributed by atoms with E-state index >= 15 is 0 Å². The van der Waals surface area contributed by atoms with Crippen molar-refractivity contribution in [1.82, 2.24) is 0 Å². The number of aryl methyl sites for hydroxylation is 3. The summed E-state index contributed by atoms with van der Waals surface area (Å²) in [5, 5.41) is 2.97. The van der Waals surface area contributed by atoms with Gasteiger partial charge in [0.2, 0.25) is 0 Å². The van der Waals surface area contributed by atoms with E-state index in [1.54, 1.807) is 0 Å². The maximum atomic E-state index is 4.85. The minimum absolute atomic E-state index is 0.262. The molecule has 3 aromatic rings. The molecule has 3 aromatic carbocycles. The fourth-order valence-electron chi connectivity index (χ4n) is 3.28. The first-order chi connectivity index (χ1) is 13.1. The molecule has 0 N–H and O–H groups in total. The molecule has 0 aromatic heterocycles. The van der Waals surface area contributed by atoms with E-state index in [0.717, 1.165) is 0 Å². The molecule has 0 aliphatic rings. The number of hydrogen-bond donors (Lipinski definition) is 0. The zero-order valence-electron chi connectivity index (χ0n) is 15.7. The molecular formula is C23H25Cl2PRu. The quantitative estimate of drug-likeness (QED) is 0.258. The summed E-state index contributed by atoms with van der Waals surface area (Å²) in [7, 11) is 9.45. The first-order valence-electron chi connectivity index (χ1n) is 8.94. The van der Waals surface area contributed by atoms with E-state index in [0.29, 0.717) is 0 Å². The molecule has 0 spiro atoms. The minimum atomic E-state index is -0.346. The van der Waals surface area contributed by atoms with Gasteiger partial charge in [-0.3, -0.25) is 0 Å². The third-order valence-electron chi connectivity index (χ3n) is 4.26. The van der Waals surface area contributed by atoms with Crippen LogP contribution in [0.1, 0.15) is 23.1 Å². The molecule has 0 fully saturated rings. The van der Waals surface area contributed by atoms with Crippen molar-refractivity contribution in [2.24, 2.45) is 0 Å². The second-order valence-corrected chi connectivity index (χ2v) is 11.4. The van der Waals surface area contributed by atoms with Crippen molar-refractivity contribution in [2.75, 3.05) is 6.16 Å². The van der Waals surface area contributed by atoms with Gasteiger partial charge in [-0.15, -0.1) is 0 Å². The van der Waals surface area contributed by atoms with Crippen molar-refractivity contribution in [3.05, 3.63) is 95.6 Å². The Morgan fingerprint density at radius 1 is 0.741 bits per heavy atom. The molecule has 4 heteroatoms. The van der Waals surface area contributed by atoms with Gasteiger partial charge in [0.25, 0.3) is 0 Å². The first-order valence-corrected chi connectivity index (χ1v) is 14.9. The molecule has 0 nitrogen and oxygen atoms in total. The first kappa shape index (κ1) is 22.6. The van der Waals surface area contributed by atoms with E-state index < -0.39 is 0 Å². The Kier molecular flexibility index (Phi) is 10.6. The summed E-state index contributed by atoms with van der Waals surface area (Å²) in [5.41, 5.74) is 4.22. The number of halogens is 2. The summed E-state index contributed by atoms with van der Waals surface area (Å²) in [4.78, 5) is 0. The molecule has 0 radical (unpaired) electrons. The molecule has 144 valence electrons. The Morgan fingerprint density at radius 3 is 1.63 bits per heavy atom. The SMILES string of the molecule is Cc1cc(C)cc(CCCP(c2ccccc2)c2ccccc2)c1.[Cl][Ru][Cl]. The second-order valence-electron chi connectivity index (χ2n) is 6.47. The van der Waals surface area contributed by atoms with Crippen LogP contribution in [-0.4, -0.2) is 6.16 Å². The number of rotatable bonds is 6. The monoisotopic (exact) mass is 504 g/mol. The number of benzene rings is 3. The molecule has 27 heavy (non-hydrogen) atoms. The Balaban J connectivity index is 0.000000817. The van der Waals surface area contributed by atoms with Crippen LogP contribution in [0, 0.1) is 13.8 Å². The van der Waals surface area contributed by atoms with E-state index in [-0.39, 0.29) is 23.1 Å². The topological polar surface area (TPSA) is 0 Å². The van der Waals surface area contributed by atoms with E-state index in [1.807, 2.05) is 0 Å². The predicted octanol–water partition coefficient (Wildman–Crippen LogP) is 6.75. The van der Waals surface area contributed by atoms with Gasteiger partial charge in [0.05, 0.1) is 0 Å². The third kappa shape index (κ3) is 8.05. The average molecular weight is 504 g/mol. The van der Waals surface area contributed by atoms with Gasteiger partial charge in [-0.25, -0.2) is 0 Å². The third-order valence-corrected chi connectivity index (χ3v) is 6.87. The van der Waals surface area contributed by atoms with Crippen LogP contribution in [0.3, 0.4) is 0 Å². The summed E-state index contributed by atoms with van der Waals surface area (Å²) >= 11 is -0.346. The average Bonchev–Trinajstić information content (AvgIpc) is 2.66. The molecular weight excluding hydrogens is 479 g/mol. The molecule has 0 saturated heterocycles. The van der Waals surface area contributed by atoms with Crippen LogP contribution in [0.25, 0.3) is 0 Å². The summed E-state index contributed by atoms with van der Waals surface area (Å²) in [6, 6.07) is 28.9. The molecule has 0 amide bonds. The summed E-state index contributed by atoms with van der Waals surface area (Å²) in [5.74, 6) is 0. The van der Waals surface area contributed by atoms with E-state index in [4.69, 9.17) is 19.4 Å². The maximum absolute atomic E-state index is 4.85. The van der Waals surface area contributed by atoms with E-state index in [2.05, 4.69) is 92.7 Å². The van der Waals surface area contributed by atoms with Crippen molar-refractivity contribution in [1.29, 1.82) is 0 Å². The van der Waals surface area contributed by atoms with Crippen LogP contribution < -0.4 is 10.6 Å². The van der Waals surface area contributed by atoms with Gasteiger partial charge in [-0.1, -0.05) is 90.0 Å². The van der Waals surface area contributed by atoms with Crippen LogP contribution in [0.15, 0.2) is 78.9 Å². The van der Waals surface area contributed by atoms with Crippen LogP contribution in [0.2, 0.25) is 0 Å². The molecule has 0 unspecified atom stereocenters. The fourth-order valence-corrected chi connectivity index (χ4v) is 5.63. The van der Waals surface area contributed by atoms with E-state index in [1.165, 1.54) is 46.3 Å². The standard InChI is InChI=1S/C23H25P.2ClH.Ru/c1-19-16-20(2)18-21(17-19)10-9-15-24(22-11-5-3-6-12-22)23-13-7-4-8-14-23;;;/h3-8,11-14,16-18H,9-10,15H2,1-2H3;2*1H;/q;;;+2/p-2. The van der Waals surface area contributed by atoms with Gasteiger partial charge in [0.15, 0.2) is 0 Å². The Morgan fingerprint density at radius 2 is 1.19 bits per heavy atom. The molecule has 0 aliphatic heterocycles. The second kappa shape index (κ2) is 12.7. The molecule has 0 saturated carbocycles. The molecule has 0 aliphatic carbocycles. The van der Waals surface area contributed by atoms with Crippen LogP contribution >= 0.6 is 27.3 Å². The van der Waals surface area contributed by atoms with Crippen LogP contribution in [0.5, 0.6) is 0 Å². The molecule has 0 bridgehead atoms. The fraction of sp³-hybridized carbons (Fsp3) is 0.217. The van der Waals surface area contributed by atoms with Gasteiger partial charge < -0.3 is 0 Å². The van der Waals surface area contributed by atoms with Gasteiger partial charge in [0.1, 0.15) is 0 Å². The van der Waals surface area contributed by atoms with Crippen molar-refractivity contribution in [2.45, 2.75) is 26.7 Å². The molecule has 3 rings (SSSR count). The van der Waals surface area contributed by atoms with Crippen LogP contribution in [-0.2, 0) is 21.6 Å². The summed E-state index contributed by atoms with van der Waals surface area (Å²) in [6.07, 6.45) is 3.65. The summed E-state index contributed by atoms with van der Waals surface area (Å²) < 4.78 is 0. The Bertz CT molecular complexity index is 734. The van der Waals surface area contributed by atoms with Crippen LogP contribution in [0.4, 0.5) is 0 Å². The zero-order chi connectivity index (χ0) is 19.5.